The number of halogens is 1. The van der Waals surface area contributed by atoms with Crippen LogP contribution in [-0.2, 0) is 16.1 Å². The number of aryl methyl sites for hydroxylation is 1. The predicted molar refractivity (Wildman–Crippen MR) is 46.4 cm³/mol. The Morgan fingerprint density at radius 2 is 2.25 bits per heavy atom. The van der Waals surface area contributed by atoms with Crippen molar-refractivity contribution >= 4 is 19.7 Å². The Hall–Kier alpha value is -0.550. The Bertz CT molecular complexity index is 371. The van der Waals surface area contributed by atoms with Crippen molar-refractivity contribution in [2.24, 2.45) is 7.05 Å². The molecule has 12 heavy (non-hydrogen) atoms. The van der Waals surface area contributed by atoms with E-state index in [9.17, 15) is 8.42 Å². The lowest BCUT2D eigenvalue weighted by atomic mass is 10.4. The third-order valence-corrected chi connectivity index (χ3v) is 3.50. The van der Waals surface area contributed by atoms with E-state index < -0.39 is 14.3 Å². The highest BCUT2D eigenvalue weighted by atomic mass is 35.7. The van der Waals surface area contributed by atoms with Crippen LogP contribution in [0.4, 0.5) is 0 Å². The Morgan fingerprint density at radius 1 is 1.67 bits per heavy atom. The lowest BCUT2D eigenvalue weighted by molar-refractivity contribution is 0.594. The molecule has 0 fully saturated rings. The molecular weight excluding hydrogens is 200 g/mol. The van der Waals surface area contributed by atoms with Gasteiger partial charge in [-0.05, 0) is 6.92 Å². The normalized spacial score (nSPS) is 14.6. The van der Waals surface area contributed by atoms with Crippen LogP contribution >= 0.6 is 10.7 Å². The number of rotatable bonds is 2. The van der Waals surface area contributed by atoms with E-state index in [1.54, 1.807) is 17.8 Å². The average molecular weight is 209 g/mol. The summed E-state index contributed by atoms with van der Waals surface area (Å²) in [6.45, 7) is 1.50. The highest BCUT2D eigenvalue weighted by Crippen LogP contribution is 2.22. The lowest BCUT2D eigenvalue weighted by Gasteiger charge is -2.06. The van der Waals surface area contributed by atoms with Crippen molar-refractivity contribution in [3.8, 4) is 0 Å². The van der Waals surface area contributed by atoms with Gasteiger partial charge < -0.3 is 4.57 Å². The average Bonchev–Trinajstić information content (AvgIpc) is 2.31. The van der Waals surface area contributed by atoms with Crippen molar-refractivity contribution in [1.82, 2.24) is 9.55 Å². The minimum Gasteiger partial charge on any atom is -0.337 e. The van der Waals surface area contributed by atoms with Crippen molar-refractivity contribution in [3.63, 3.8) is 0 Å². The molecule has 4 nitrogen and oxygen atoms in total. The van der Waals surface area contributed by atoms with E-state index in [1.165, 1.54) is 13.1 Å². The topological polar surface area (TPSA) is 52.0 Å². The van der Waals surface area contributed by atoms with Crippen molar-refractivity contribution < 1.29 is 8.42 Å². The van der Waals surface area contributed by atoms with Crippen LogP contribution in [0, 0.1) is 0 Å². The van der Waals surface area contributed by atoms with Crippen LogP contribution in [0.3, 0.4) is 0 Å². The Kier molecular flexibility index (Phi) is 2.44. The second-order valence-electron chi connectivity index (χ2n) is 2.51. The van der Waals surface area contributed by atoms with Crippen LogP contribution in [0.5, 0.6) is 0 Å². The summed E-state index contributed by atoms with van der Waals surface area (Å²) < 4.78 is 23.4. The van der Waals surface area contributed by atoms with E-state index in [-0.39, 0.29) is 0 Å². The first kappa shape index (κ1) is 9.54. The molecule has 0 N–H and O–H groups in total. The zero-order valence-electron chi connectivity index (χ0n) is 6.73. The maximum atomic E-state index is 10.9. The molecule has 1 atom stereocenters. The maximum Gasteiger partial charge on any atom is 0.242 e. The van der Waals surface area contributed by atoms with E-state index in [1.807, 2.05) is 0 Å². The molecule has 1 heterocycles. The summed E-state index contributed by atoms with van der Waals surface area (Å²) in [5.74, 6) is 0.449. The maximum absolute atomic E-state index is 10.9. The van der Waals surface area contributed by atoms with Crippen LogP contribution in [0.2, 0.25) is 0 Å². The van der Waals surface area contributed by atoms with Gasteiger partial charge in [-0.15, -0.1) is 0 Å². The van der Waals surface area contributed by atoms with Gasteiger partial charge in [0.05, 0.1) is 0 Å². The standard InChI is InChI=1S/C6H9ClN2O2S/c1-5(12(7,10)11)6-8-3-4-9(6)2/h3-5H,1-2H3/t5-/m1/s1. The molecule has 1 rings (SSSR count). The predicted octanol–water partition coefficient (Wildman–Crippen LogP) is 1.05. The van der Waals surface area contributed by atoms with Gasteiger partial charge in [0.1, 0.15) is 11.1 Å². The first-order chi connectivity index (χ1) is 5.43. The zero-order chi connectivity index (χ0) is 9.35. The first-order valence-corrected chi connectivity index (χ1v) is 5.71. The first-order valence-electron chi connectivity index (χ1n) is 3.33. The minimum absolute atomic E-state index is 0.449. The van der Waals surface area contributed by atoms with E-state index in [0.29, 0.717) is 5.82 Å². The Morgan fingerprint density at radius 3 is 2.58 bits per heavy atom. The van der Waals surface area contributed by atoms with Crippen molar-refractivity contribution in [3.05, 3.63) is 18.2 Å². The summed E-state index contributed by atoms with van der Waals surface area (Å²) in [5.41, 5.74) is 0. The summed E-state index contributed by atoms with van der Waals surface area (Å²) >= 11 is 0. The molecule has 0 saturated heterocycles. The smallest absolute Gasteiger partial charge is 0.242 e. The van der Waals surface area contributed by atoms with Gasteiger partial charge in [0.25, 0.3) is 0 Å². The van der Waals surface area contributed by atoms with Crippen LogP contribution in [0.15, 0.2) is 12.4 Å². The highest BCUT2D eigenvalue weighted by molar-refractivity contribution is 8.13. The quantitative estimate of drug-likeness (QED) is 0.683. The Labute approximate surface area is 75.6 Å². The van der Waals surface area contributed by atoms with Gasteiger partial charge in [-0.2, -0.15) is 0 Å². The van der Waals surface area contributed by atoms with Gasteiger partial charge in [0, 0.05) is 30.1 Å². The molecule has 0 aliphatic rings. The summed E-state index contributed by atoms with van der Waals surface area (Å²) in [7, 11) is 3.33. The molecular formula is C6H9ClN2O2S. The van der Waals surface area contributed by atoms with Gasteiger partial charge >= 0.3 is 0 Å². The Balaban J connectivity index is 3.09. The monoisotopic (exact) mass is 208 g/mol. The highest BCUT2D eigenvalue weighted by Gasteiger charge is 2.22. The number of imidazole rings is 1. The molecule has 0 aromatic carbocycles. The van der Waals surface area contributed by atoms with Gasteiger partial charge in [0.15, 0.2) is 0 Å². The van der Waals surface area contributed by atoms with E-state index in [2.05, 4.69) is 4.98 Å². The molecule has 0 aliphatic heterocycles. The molecule has 0 amide bonds. The molecule has 0 radical (unpaired) electrons. The van der Waals surface area contributed by atoms with Crippen LogP contribution in [-0.4, -0.2) is 18.0 Å². The number of aromatic nitrogens is 2. The molecule has 1 aromatic rings. The fraction of sp³-hybridized carbons (Fsp3) is 0.500. The fourth-order valence-electron chi connectivity index (χ4n) is 0.895. The van der Waals surface area contributed by atoms with E-state index in [4.69, 9.17) is 10.7 Å². The third-order valence-electron chi connectivity index (χ3n) is 1.64. The molecule has 68 valence electrons. The SMILES string of the molecule is C[C@H](c1nccn1C)S(=O)(=O)Cl. The number of hydrogen-bond acceptors (Lipinski definition) is 3. The molecule has 0 bridgehead atoms. The van der Waals surface area contributed by atoms with Crippen LogP contribution in [0.1, 0.15) is 18.0 Å². The summed E-state index contributed by atoms with van der Waals surface area (Å²) in [4.78, 5) is 3.88. The van der Waals surface area contributed by atoms with Gasteiger partial charge in [-0.1, -0.05) is 0 Å². The molecule has 6 heteroatoms. The molecule has 0 aliphatic carbocycles. The largest absolute Gasteiger partial charge is 0.337 e. The zero-order valence-corrected chi connectivity index (χ0v) is 8.30. The molecule has 1 aromatic heterocycles. The summed E-state index contributed by atoms with van der Waals surface area (Å²) in [5, 5.41) is -0.765. The number of nitrogens with zero attached hydrogens (tertiary/aromatic N) is 2. The lowest BCUT2D eigenvalue weighted by Crippen LogP contribution is -2.08. The molecule has 0 spiro atoms. The molecule has 0 saturated carbocycles. The van der Waals surface area contributed by atoms with Gasteiger partial charge in [-0.25, -0.2) is 13.4 Å². The number of hydrogen-bond donors (Lipinski definition) is 0. The van der Waals surface area contributed by atoms with Crippen molar-refractivity contribution in [2.75, 3.05) is 0 Å². The summed E-state index contributed by atoms with van der Waals surface area (Å²) in [6, 6.07) is 0. The summed E-state index contributed by atoms with van der Waals surface area (Å²) in [6.07, 6.45) is 3.21. The minimum atomic E-state index is -3.56. The van der Waals surface area contributed by atoms with Crippen molar-refractivity contribution in [2.45, 2.75) is 12.2 Å². The van der Waals surface area contributed by atoms with E-state index >= 15 is 0 Å². The third kappa shape index (κ3) is 1.78. The van der Waals surface area contributed by atoms with Crippen molar-refractivity contribution in [1.29, 1.82) is 0 Å². The fourth-order valence-corrected chi connectivity index (χ4v) is 1.61. The van der Waals surface area contributed by atoms with Crippen LogP contribution in [0.25, 0.3) is 0 Å². The van der Waals surface area contributed by atoms with Crippen LogP contribution < -0.4 is 0 Å². The van der Waals surface area contributed by atoms with Gasteiger partial charge in [0.2, 0.25) is 9.05 Å². The second kappa shape index (κ2) is 3.06. The molecule has 0 unspecified atom stereocenters. The second-order valence-corrected chi connectivity index (χ2v) is 5.46. The van der Waals surface area contributed by atoms with Gasteiger partial charge in [-0.3, -0.25) is 0 Å². The van der Waals surface area contributed by atoms with E-state index in [0.717, 1.165) is 0 Å².